The van der Waals surface area contributed by atoms with Crippen molar-refractivity contribution < 1.29 is 9.53 Å². The molecule has 0 N–H and O–H groups in total. The van der Waals surface area contributed by atoms with E-state index in [0.29, 0.717) is 0 Å². The van der Waals surface area contributed by atoms with E-state index in [4.69, 9.17) is 11.2 Å². The lowest BCUT2D eigenvalue weighted by Crippen LogP contribution is -2.15. The maximum absolute atomic E-state index is 12.2. The Morgan fingerprint density at radius 2 is 1.58 bits per heavy atom. The van der Waals surface area contributed by atoms with Crippen LogP contribution in [0, 0.1) is 12.3 Å². The molecule has 0 heterocycles. The number of benzene rings is 2. The molecule has 0 amide bonds. The molecule has 0 saturated heterocycles. The predicted octanol–water partition coefficient (Wildman–Crippen LogP) is 2.98. The van der Waals surface area contributed by atoms with Crippen molar-refractivity contribution in [1.82, 2.24) is 0 Å². The molecule has 0 fully saturated rings. The minimum Gasteiger partial charge on any atom is -0.452 e. The molecule has 2 heteroatoms. The number of carbonyl (C=O) groups is 1. The lowest BCUT2D eigenvalue weighted by molar-refractivity contribution is -0.142. The fourth-order valence-corrected chi connectivity index (χ4v) is 2.61. The van der Waals surface area contributed by atoms with Crippen LogP contribution in [0.1, 0.15) is 17.0 Å². The van der Waals surface area contributed by atoms with Gasteiger partial charge in [0.15, 0.2) is 6.61 Å². The van der Waals surface area contributed by atoms with Crippen molar-refractivity contribution in [2.75, 3.05) is 6.61 Å². The smallest absolute Gasteiger partial charge is 0.318 e. The molecule has 19 heavy (non-hydrogen) atoms. The lowest BCUT2D eigenvalue weighted by atomic mass is 9.97. The van der Waals surface area contributed by atoms with Gasteiger partial charge in [0.1, 0.15) is 5.92 Å². The lowest BCUT2D eigenvalue weighted by Gasteiger charge is -2.11. The third-order valence-corrected chi connectivity index (χ3v) is 3.37. The van der Waals surface area contributed by atoms with Gasteiger partial charge in [-0.25, -0.2) is 0 Å². The summed E-state index contributed by atoms with van der Waals surface area (Å²) >= 11 is 0. The number of ether oxygens (including phenoxy) is 1. The number of hydrogen-bond acceptors (Lipinski definition) is 2. The zero-order valence-corrected chi connectivity index (χ0v) is 10.3. The van der Waals surface area contributed by atoms with Crippen molar-refractivity contribution in [2.45, 2.75) is 5.92 Å². The summed E-state index contributed by atoms with van der Waals surface area (Å²) < 4.78 is 5.11. The third kappa shape index (κ3) is 1.80. The van der Waals surface area contributed by atoms with Gasteiger partial charge in [-0.3, -0.25) is 4.79 Å². The molecule has 0 radical (unpaired) electrons. The summed E-state index contributed by atoms with van der Waals surface area (Å²) in [5, 5.41) is 0. The number of terminal acetylenes is 1. The van der Waals surface area contributed by atoms with Gasteiger partial charge in [-0.2, -0.15) is 0 Å². The highest BCUT2D eigenvalue weighted by molar-refractivity contribution is 5.93. The molecule has 2 aromatic rings. The molecular formula is C17H12O2. The average Bonchev–Trinajstić information content (AvgIpc) is 2.79. The first-order chi connectivity index (χ1) is 9.33. The molecule has 2 aromatic carbocycles. The first-order valence-corrected chi connectivity index (χ1v) is 6.11. The number of rotatable bonds is 2. The van der Waals surface area contributed by atoms with E-state index in [9.17, 15) is 4.79 Å². The fraction of sp³-hybridized carbons (Fsp3) is 0.118. The first kappa shape index (κ1) is 11.6. The number of fused-ring (bicyclic) bond motifs is 3. The molecule has 92 valence electrons. The summed E-state index contributed by atoms with van der Waals surface area (Å²) in [6.45, 7) is 0.0136. The van der Waals surface area contributed by atoms with E-state index >= 15 is 0 Å². The maximum Gasteiger partial charge on any atom is 0.318 e. The van der Waals surface area contributed by atoms with Crippen LogP contribution in [0.2, 0.25) is 0 Å². The summed E-state index contributed by atoms with van der Waals surface area (Å²) in [5.41, 5.74) is 4.18. The summed E-state index contributed by atoms with van der Waals surface area (Å²) in [6, 6.07) is 15.8. The molecule has 0 spiro atoms. The Labute approximate surface area is 112 Å². The Balaban J connectivity index is 2.10. The second-order valence-electron chi connectivity index (χ2n) is 4.42. The second-order valence-corrected chi connectivity index (χ2v) is 4.42. The SMILES string of the molecule is C#CCOC(=O)C1c2ccccc2-c2ccccc21. The van der Waals surface area contributed by atoms with Crippen LogP contribution in [0.4, 0.5) is 0 Å². The highest BCUT2D eigenvalue weighted by Gasteiger charge is 2.34. The van der Waals surface area contributed by atoms with Gasteiger partial charge in [0.2, 0.25) is 0 Å². The number of carbonyl (C=O) groups excluding carboxylic acids is 1. The monoisotopic (exact) mass is 248 g/mol. The fourth-order valence-electron chi connectivity index (χ4n) is 2.61. The molecule has 0 atom stereocenters. The molecule has 3 rings (SSSR count). The zero-order valence-electron chi connectivity index (χ0n) is 10.3. The molecular weight excluding hydrogens is 236 g/mol. The van der Waals surface area contributed by atoms with Crippen molar-refractivity contribution in [3.8, 4) is 23.5 Å². The van der Waals surface area contributed by atoms with Crippen LogP contribution in [0.25, 0.3) is 11.1 Å². The van der Waals surface area contributed by atoms with Crippen LogP contribution < -0.4 is 0 Å². The summed E-state index contributed by atoms with van der Waals surface area (Å²) in [4.78, 5) is 12.2. The van der Waals surface area contributed by atoms with Crippen molar-refractivity contribution in [3.63, 3.8) is 0 Å². The van der Waals surface area contributed by atoms with Crippen molar-refractivity contribution in [3.05, 3.63) is 59.7 Å². The topological polar surface area (TPSA) is 26.3 Å². The predicted molar refractivity (Wildman–Crippen MR) is 73.5 cm³/mol. The quantitative estimate of drug-likeness (QED) is 0.603. The largest absolute Gasteiger partial charge is 0.452 e. The standard InChI is InChI=1S/C17H12O2/c1-2-11-19-17(18)16-14-9-5-3-7-12(14)13-8-4-6-10-15(13)16/h1,3-10,16H,11H2. The number of esters is 1. The Hall–Kier alpha value is -2.53. The Morgan fingerprint density at radius 1 is 1.05 bits per heavy atom. The van der Waals surface area contributed by atoms with E-state index < -0.39 is 0 Å². The van der Waals surface area contributed by atoms with Gasteiger partial charge in [0.05, 0.1) is 0 Å². The first-order valence-electron chi connectivity index (χ1n) is 6.11. The van der Waals surface area contributed by atoms with E-state index in [1.165, 1.54) is 0 Å². The normalized spacial score (nSPS) is 12.4. The Kier molecular flexibility index (Phi) is 2.81. The van der Waals surface area contributed by atoms with E-state index in [1.54, 1.807) is 0 Å². The van der Waals surface area contributed by atoms with Gasteiger partial charge in [-0.1, -0.05) is 54.5 Å². The van der Waals surface area contributed by atoms with E-state index in [2.05, 4.69) is 5.92 Å². The van der Waals surface area contributed by atoms with Crippen molar-refractivity contribution >= 4 is 5.97 Å². The van der Waals surface area contributed by atoms with Gasteiger partial charge < -0.3 is 4.74 Å². The maximum atomic E-state index is 12.2. The molecule has 0 unspecified atom stereocenters. The van der Waals surface area contributed by atoms with Crippen LogP contribution in [0.5, 0.6) is 0 Å². The molecule has 1 aliphatic rings. The number of hydrogen-bond donors (Lipinski definition) is 0. The summed E-state index contributed by atoms with van der Waals surface area (Å²) in [7, 11) is 0. The van der Waals surface area contributed by atoms with Gasteiger partial charge in [0, 0.05) is 0 Å². The molecule has 2 nitrogen and oxygen atoms in total. The third-order valence-electron chi connectivity index (χ3n) is 3.37. The summed E-state index contributed by atoms with van der Waals surface area (Å²) in [5.74, 6) is 1.68. The molecule has 0 aromatic heterocycles. The minimum absolute atomic E-state index is 0.0136. The van der Waals surface area contributed by atoms with E-state index in [1.807, 2.05) is 48.5 Å². The Bertz CT molecular complexity index is 634. The molecule has 0 aliphatic heterocycles. The van der Waals surface area contributed by atoms with Gasteiger partial charge in [-0.05, 0) is 22.3 Å². The molecule has 0 bridgehead atoms. The van der Waals surface area contributed by atoms with Gasteiger partial charge in [-0.15, -0.1) is 6.42 Å². The van der Waals surface area contributed by atoms with Gasteiger partial charge in [0.25, 0.3) is 0 Å². The second kappa shape index (κ2) is 4.62. The van der Waals surface area contributed by atoms with Crippen molar-refractivity contribution in [2.24, 2.45) is 0 Å². The van der Waals surface area contributed by atoms with E-state index in [-0.39, 0.29) is 18.5 Å². The van der Waals surface area contributed by atoms with Crippen molar-refractivity contribution in [1.29, 1.82) is 0 Å². The Morgan fingerprint density at radius 3 is 2.11 bits per heavy atom. The van der Waals surface area contributed by atoms with Crippen LogP contribution in [-0.4, -0.2) is 12.6 Å². The van der Waals surface area contributed by atoms with Gasteiger partial charge >= 0.3 is 5.97 Å². The van der Waals surface area contributed by atoms with Crippen LogP contribution in [-0.2, 0) is 9.53 Å². The average molecular weight is 248 g/mol. The van der Waals surface area contributed by atoms with E-state index in [0.717, 1.165) is 22.3 Å². The molecule has 0 saturated carbocycles. The zero-order chi connectivity index (χ0) is 13.2. The summed E-state index contributed by atoms with van der Waals surface area (Å²) in [6.07, 6.45) is 5.14. The highest BCUT2D eigenvalue weighted by Crippen LogP contribution is 2.44. The molecule has 1 aliphatic carbocycles. The highest BCUT2D eigenvalue weighted by atomic mass is 16.5. The van der Waals surface area contributed by atoms with Crippen LogP contribution in [0.15, 0.2) is 48.5 Å². The van der Waals surface area contributed by atoms with Crippen LogP contribution in [0.3, 0.4) is 0 Å². The minimum atomic E-state index is -0.360. The van der Waals surface area contributed by atoms with Crippen LogP contribution >= 0.6 is 0 Å².